The molecule has 14 aliphatic heterocycles. The van der Waals surface area contributed by atoms with Gasteiger partial charge in [0.15, 0.2) is 46.6 Å². The van der Waals surface area contributed by atoms with Gasteiger partial charge in [-0.05, 0) is 43.1 Å². The molecule has 14 aliphatic rings. The van der Waals surface area contributed by atoms with Gasteiger partial charge in [-0.3, -0.25) is 0 Å². The summed E-state index contributed by atoms with van der Waals surface area (Å²) in [5, 5.41) is 14.0. The van der Waals surface area contributed by atoms with Crippen molar-refractivity contribution < 1.29 is 65.5 Å². The van der Waals surface area contributed by atoms with Gasteiger partial charge in [0.2, 0.25) is 5.79 Å². The Hall–Kier alpha value is -14.8. The summed E-state index contributed by atoms with van der Waals surface area (Å²) in [6, 6.07) is 95.2. The summed E-state index contributed by atoms with van der Waals surface area (Å²) in [7, 11) is 0. The number of benzene rings is 12. The maximum absolute atomic E-state index is 5.51. The molecule has 16 aromatic rings. The molecule has 129 heavy (non-hydrogen) atoms. The summed E-state index contributed by atoms with van der Waals surface area (Å²) in [6.45, 7) is 0. The van der Waals surface area contributed by atoms with Crippen LogP contribution >= 0.6 is 23.2 Å². The van der Waals surface area contributed by atoms with Crippen molar-refractivity contribution in [3.63, 3.8) is 0 Å². The van der Waals surface area contributed by atoms with Crippen molar-refractivity contribution in [1.82, 2.24) is 30.6 Å². The van der Waals surface area contributed by atoms with E-state index in [1.54, 1.807) is 0 Å². The third-order valence-corrected chi connectivity index (χ3v) is 23.6. The first kappa shape index (κ1) is 80.0. The van der Waals surface area contributed by atoms with Crippen molar-refractivity contribution in [1.29, 1.82) is 0 Å². The van der Waals surface area contributed by atoms with Crippen LogP contribution in [0.15, 0.2) is 391 Å². The molecular weight excluding hydrogens is 1860 g/mol. The number of amidine groups is 12. The number of hydrogen-bond acceptors (Lipinski definition) is 22. The zero-order valence-electron chi connectivity index (χ0n) is 67.3. The quantitative estimate of drug-likeness (QED) is 0.111. The predicted molar refractivity (Wildman–Crippen MR) is 485 cm³/mol. The number of rotatable bonds is 0. The van der Waals surface area contributed by atoms with Crippen LogP contribution < -0.4 is 74.5 Å². The summed E-state index contributed by atoms with van der Waals surface area (Å²) < 4.78 is 0. The van der Waals surface area contributed by atoms with Crippen molar-refractivity contribution in [2.24, 2.45) is 99.8 Å². The second kappa shape index (κ2) is 30.5. The van der Waals surface area contributed by atoms with E-state index in [0.717, 1.165) is 121 Å². The van der Waals surface area contributed by atoms with Gasteiger partial charge < -0.3 is 81.5 Å². The summed E-state index contributed by atoms with van der Waals surface area (Å²) in [4.78, 5) is 127. The Morgan fingerprint density at radius 2 is 0.403 bits per heavy atom. The van der Waals surface area contributed by atoms with Crippen molar-refractivity contribution in [2.45, 2.75) is 23.1 Å². The Balaban J connectivity index is 0.000000143. The Labute approximate surface area is 778 Å². The average molecular weight is 1910 g/mol. The number of halogens is 2. The van der Waals surface area contributed by atoms with Gasteiger partial charge in [0.05, 0.1) is 28.7 Å². The van der Waals surface area contributed by atoms with E-state index in [2.05, 4.69) is 10.6 Å². The molecule has 0 unspecified atom stereocenters. The molecule has 30 rings (SSSR count). The standard InChI is InChI=1S/2C48H25N13.CH2Cl2.2Cd.2H2O/c2*1-5-17-29-25(13-1)37-49-38-26-14-2-6-18-30(26)42(51-38)57-48-36-24-12-10-22-34(36)46(61-48)55-39-27-15-3-7-19-31(27)43(52-39)58-47(56-41(29)50-37)35-23-11-9-21-33(35)45(60-47)54-40-28-16-4-8-20-32(28)44(53-40)59-48;2-1-3;;;;/h2*1-24H,(H-2,49,50,51,52,53,54,55,56,57,58,59,60,61);1H2;;;2*1H2/q2*-2;;2*+2;;/t2*47-,48-;;;;;/m10...../s1. The van der Waals surface area contributed by atoms with Crippen LogP contribution in [0, 0.1) is 0 Å². The molecule has 4 aromatic heterocycles. The summed E-state index contributed by atoms with van der Waals surface area (Å²) in [5.41, 5.74) is 15.9. The second-order valence-corrected chi connectivity index (χ2v) is 31.5. The molecule has 28 nitrogen and oxygen atoms in total. The molecule has 0 aliphatic carbocycles. The fourth-order valence-corrected chi connectivity index (χ4v) is 18.1. The number of aliphatic imine (C=N–C) groups is 12. The van der Waals surface area contributed by atoms with Gasteiger partial charge in [-0.2, -0.15) is 0 Å². The normalized spacial score (nSPS) is 21.7. The fourth-order valence-electron chi connectivity index (χ4n) is 18.1. The largest absolute Gasteiger partial charge is 2.00 e. The number of nitrogens with zero attached hydrogens (tertiary/aromatic N) is 24. The van der Waals surface area contributed by atoms with E-state index in [1.807, 2.05) is 291 Å². The van der Waals surface area contributed by atoms with Gasteiger partial charge >= 0.3 is 54.6 Å². The Morgan fingerprint density at radius 1 is 0.202 bits per heavy atom. The molecule has 0 fully saturated rings. The average Bonchev–Trinajstić information content (AvgIpc) is 1.56. The van der Waals surface area contributed by atoms with Gasteiger partial charge in [0, 0.05) is 133 Å². The number of hydrogen-bond donors (Lipinski definition) is 2. The Morgan fingerprint density at radius 3 is 0.736 bits per heavy atom. The molecule has 12 aromatic carbocycles. The van der Waals surface area contributed by atoms with E-state index in [9.17, 15) is 0 Å². The van der Waals surface area contributed by atoms with Crippen LogP contribution in [0.25, 0.3) is 43.1 Å². The molecule has 604 valence electrons. The molecule has 18 heterocycles. The van der Waals surface area contributed by atoms with Crippen molar-refractivity contribution in [3.05, 3.63) is 424 Å². The van der Waals surface area contributed by atoms with E-state index < -0.39 is 23.1 Å². The third kappa shape index (κ3) is 12.3. The smallest absolute Gasteiger partial charge is 0.412 e. The van der Waals surface area contributed by atoms with Gasteiger partial charge in [0.25, 0.3) is 5.79 Å². The predicted octanol–water partition coefficient (Wildman–Crippen LogP) is 8.28. The number of nitrogens with one attached hydrogen (secondary N) is 2. The summed E-state index contributed by atoms with van der Waals surface area (Å²) >= 11 is 9.53. The van der Waals surface area contributed by atoms with Gasteiger partial charge in [0.1, 0.15) is 11.7 Å². The number of fused-ring (bicyclic) bond motifs is 12. The van der Waals surface area contributed by atoms with E-state index in [4.69, 9.17) is 143 Å². The minimum Gasteiger partial charge on any atom is -0.412 e. The number of aromatic nitrogens is 4. The molecule has 0 amide bonds. The molecule has 6 N–H and O–H groups in total. The molecule has 4 atom stereocenters. The van der Waals surface area contributed by atoms with Crippen LogP contribution in [0.4, 0.5) is 0 Å². The first-order valence-electron chi connectivity index (χ1n) is 40.2. The first-order valence-corrected chi connectivity index (χ1v) is 41.3. The maximum atomic E-state index is 5.51. The van der Waals surface area contributed by atoms with Crippen LogP contribution in [-0.2, 0) is 77.7 Å². The zero-order chi connectivity index (χ0) is 82.4. The molecule has 4 spiro atoms. The molecule has 0 saturated carbocycles. The van der Waals surface area contributed by atoms with E-state index in [-0.39, 0.29) is 70.9 Å². The van der Waals surface area contributed by atoms with Crippen molar-refractivity contribution >= 4 is 136 Å². The fraction of sp³-hybridized carbons (Fsp3) is 0.0515. The van der Waals surface area contributed by atoms with Crippen LogP contribution in [-0.4, -0.2) is 86.3 Å². The SMILES string of the molecule is ClCCl.O.O.[Cd+2].[Cd+2].c1ccc2c(c1)C1=NC3=N[C@@]4(/N=C5\N=C(N=c6[n-]/c(c7ccccc67)=N\[C@@]6(N=C(N=c7[n-]/c(c8ccccc78)=N\4)c4ccccc46)NC2=N1)c1ccccc15)c1ccccc13.c1ccc2c(c1)C1=NC3=N[C@]4(/N=c5\[n-]c(c6ccccc56)=NC5=N/C(=N\[C@]6(N=C(N=c7[n-]/c(c8ccccc78)=N\4)c4ccccc46)NC2=N1)c1ccccc15)c1ccccc13. The van der Waals surface area contributed by atoms with Crippen molar-refractivity contribution in [3.8, 4) is 0 Å². The monoisotopic (exact) mass is 1910 g/mol. The van der Waals surface area contributed by atoms with E-state index in [1.165, 1.54) is 0 Å². The van der Waals surface area contributed by atoms with Crippen molar-refractivity contribution in [2.75, 3.05) is 5.34 Å². The van der Waals surface area contributed by atoms with Gasteiger partial charge in [-0.25, -0.2) is 59.9 Å². The van der Waals surface area contributed by atoms with Crippen LogP contribution in [0.5, 0.6) is 0 Å². The minimum absolute atomic E-state index is 0. The summed E-state index contributed by atoms with van der Waals surface area (Å²) in [6.07, 6.45) is 0. The molecule has 0 radical (unpaired) electrons. The first-order chi connectivity index (χ1) is 61.6. The minimum atomic E-state index is -1.62. The van der Waals surface area contributed by atoms with Crippen LogP contribution in [0.3, 0.4) is 0 Å². The molecule has 0 saturated heterocycles. The van der Waals surface area contributed by atoms with E-state index >= 15 is 0 Å². The Bertz CT molecular complexity index is 8710. The second-order valence-electron chi connectivity index (χ2n) is 30.7. The topological polar surface area (TPSA) is 391 Å². The number of alkyl halides is 2. The summed E-state index contributed by atoms with van der Waals surface area (Å²) in [5.74, 6) is -0.810. The van der Waals surface area contributed by atoms with Crippen LogP contribution in [0.2, 0.25) is 0 Å². The van der Waals surface area contributed by atoms with Gasteiger partial charge in [-0.15, -0.1) is 23.2 Å². The molecular formula is C97H56Cd2Cl2N26O2. The Kier molecular flexibility index (Phi) is 18.9. The third-order valence-electron chi connectivity index (χ3n) is 23.6. The molecule has 24 bridgehead atoms. The van der Waals surface area contributed by atoms with E-state index in [0.29, 0.717) is 125 Å². The zero-order valence-corrected chi connectivity index (χ0v) is 76.9. The van der Waals surface area contributed by atoms with Gasteiger partial charge in [-0.1, -0.05) is 291 Å². The molecule has 32 heteroatoms. The van der Waals surface area contributed by atoms with Crippen LogP contribution in [0.1, 0.15) is 89.0 Å². The maximum Gasteiger partial charge on any atom is 2.00 e.